The van der Waals surface area contributed by atoms with E-state index in [4.69, 9.17) is 0 Å². The van der Waals surface area contributed by atoms with E-state index in [0.717, 1.165) is 11.4 Å². The number of para-hydroxylation sites is 2. The Hall–Kier alpha value is -5.60. The first-order chi connectivity index (χ1) is 22.1. The van der Waals surface area contributed by atoms with Gasteiger partial charge in [-0.25, -0.2) is 0 Å². The SMILES string of the molecule is CC1(C)c2ccccc2-c2c(Nc3ccc(-c4ccc(-n5c6ccccc6c6ccccc65)c5ccccc45)cc3)cccc21. The molecule has 0 saturated carbocycles. The van der Waals surface area contributed by atoms with Crippen LogP contribution in [-0.2, 0) is 5.41 Å². The fourth-order valence-electron chi connectivity index (χ4n) is 7.66. The number of nitrogens with zero attached hydrogens (tertiary/aromatic N) is 1. The van der Waals surface area contributed by atoms with Gasteiger partial charge in [0, 0.05) is 38.5 Å². The predicted molar refractivity (Wildman–Crippen MR) is 191 cm³/mol. The zero-order valence-corrected chi connectivity index (χ0v) is 25.4. The van der Waals surface area contributed by atoms with Gasteiger partial charge < -0.3 is 9.88 Å². The number of anilines is 2. The fourth-order valence-corrected chi connectivity index (χ4v) is 7.66. The van der Waals surface area contributed by atoms with Crippen LogP contribution in [0.2, 0.25) is 0 Å². The zero-order valence-electron chi connectivity index (χ0n) is 25.4. The van der Waals surface area contributed by atoms with Gasteiger partial charge in [-0.3, -0.25) is 0 Å². The molecule has 0 unspecified atom stereocenters. The summed E-state index contributed by atoms with van der Waals surface area (Å²) in [6.07, 6.45) is 0. The zero-order chi connectivity index (χ0) is 30.1. The summed E-state index contributed by atoms with van der Waals surface area (Å²) in [5.41, 5.74) is 13.7. The third-order valence-electron chi connectivity index (χ3n) is 9.80. The van der Waals surface area contributed by atoms with Gasteiger partial charge in [0.15, 0.2) is 0 Å². The summed E-state index contributed by atoms with van der Waals surface area (Å²) >= 11 is 0. The lowest BCUT2D eigenvalue weighted by atomic mass is 9.82. The summed E-state index contributed by atoms with van der Waals surface area (Å²) in [6.45, 7) is 4.65. The van der Waals surface area contributed by atoms with Crippen molar-refractivity contribution in [1.82, 2.24) is 4.57 Å². The van der Waals surface area contributed by atoms with Gasteiger partial charge in [-0.05, 0) is 69.6 Å². The molecule has 9 rings (SSSR count). The van der Waals surface area contributed by atoms with Crippen molar-refractivity contribution in [3.8, 4) is 27.9 Å². The van der Waals surface area contributed by atoms with Crippen molar-refractivity contribution in [3.63, 3.8) is 0 Å². The highest BCUT2D eigenvalue weighted by Gasteiger charge is 2.36. The average molecular weight is 577 g/mol. The number of fused-ring (bicyclic) bond motifs is 7. The van der Waals surface area contributed by atoms with E-state index in [-0.39, 0.29) is 5.41 Å². The van der Waals surface area contributed by atoms with Crippen molar-refractivity contribution in [2.75, 3.05) is 5.32 Å². The number of hydrogen-bond donors (Lipinski definition) is 1. The second kappa shape index (κ2) is 9.70. The second-order valence-corrected chi connectivity index (χ2v) is 12.6. The first-order valence-electron chi connectivity index (χ1n) is 15.7. The van der Waals surface area contributed by atoms with Crippen LogP contribution in [0.3, 0.4) is 0 Å². The maximum Gasteiger partial charge on any atom is 0.0541 e. The molecule has 7 aromatic carbocycles. The van der Waals surface area contributed by atoms with Crippen LogP contribution >= 0.6 is 0 Å². The monoisotopic (exact) mass is 576 g/mol. The third kappa shape index (κ3) is 3.82. The van der Waals surface area contributed by atoms with Gasteiger partial charge in [-0.15, -0.1) is 0 Å². The maximum atomic E-state index is 3.76. The van der Waals surface area contributed by atoms with E-state index in [1.54, 1.807) is 0 Å². The normalized spacial score (nSPS) is 13.3. The Morgan fingerprint density at radius 3 is 1.80 bits per heavy atom. The highest BCUT2D eigenvalue weighted by molar-refractivity contribution is 6.11. The Labute approximate surface area is 263 Å². The lowest BCUT2D eigenvalue weighted by molar-refractivity contribution is 0.660. The largest absolute Gasteiger partial charge is 0.355 e. The van der Waals surface area contributed by atoms with Gasteiger partial charge in [-0.2, -0.15) is 0 Å². The lowest BCUT2D eigenvalue weighted by Gasteiger charge is -2.21. The molecule has 1 aromatic heterocycles. The Bertz CT molecular complexity index is 2370. The van der Waals surface area contributed by atoms with Crippen LogP contribution in [-0.4, -0.2) is 4.57 Å². The van der Waals surface area contributed by atoms with Crippen LogP contribution < -0.4 is 5.32 Å². The molecule has 214 valence electrons. The van der Waals surface area contributed by atoms with Gasteiger partial charge in [0.2, 0.25) is 0 Å². The van der Waals surface area contributed by atoms with Crippen LogP contribution in [0.25, 0.3) is 60.5 Å². The van der Waals surface area contributed by atoms with E-state index in [2.05, 4.69) is 175 Å². The number of rotatable bonds is 4. The number of hydrogen-bond acceptors (Lipinski definition) is 1. The van der Waals surface area contributed by atoms with E-state index in [1.165, 1.54) is 71.6 Å². The summed E-state index contributed by atoms with van der Waals surface area (Å²) in [4.78, 5) is 0. The van der Waals surface area contributed by atoms with E-state index in [9.17, 15) is 0 Å². The van der Waals surface area contributed by atoms with Gasteiger partial charge in [0.25, 0.3) is 0 Å². The molecule has 2 heteroatoms. The molecule has 0 fully saturated rings. The minimum Gasteiger partial charge on any atom is -0.355 e. The van der Waals surface area contributed by atoms with Crippen LogP contribution in [0.1, 0.15) is 25.0 Å². The summed E-state index contributed by atoms with van der Waals surface area (Å²) in [5, 5.41) is 8.80. The van der Waals surface area contributed by atoms with Crippen LogP contribution in [0.15, 0.2) is 152 Å². The number of benzene rings is 7. The summed E-state index contributed by atoms with van der Waals surface area (Å²) in [7, 11) is 0. The summed E-state index contributed by atoms with van der Waals surface area (Å²) in [5.74, 6) is 0. The summed E-state index contributed by atoms with van der Waals surface area (Å²) < 4.78 is 2.42. The highest BCUT2D eigenvalue weighted by Crippen LogP contribution is 2.51. The smallest absolute Gasteiger partial charge is 0.0541 e. The van der Waals surface area contributed by atoms with Crippen LogP contribution in [0.5, 0.6) is 0 Å². The van der Waals surface area contributed by atoms with Crippen molar-refractivity contribution in [3.05, 3.63) is 163 Å². The molecule has 1 aliphatic rings. The molecule has 2 nitrogen and oxygen atoms in total. The topological polar surface area (TPSA) is 17.0 Å². The summed E-state index contributed by atoms with van der Waals surface area (Å²) in [6, 6.07) is 55.2. The average Bonchev–Trinajstić information content (AvgIpc) is 3.54. The molecular weight excluding hydrogens is 544 g/mol. The first kappa shape index (κ1) is 25.9. The minimum absolute atomic E-state index is 0.0140. The molecule has 1 N–H and O–H groups in total. The molecule has 0 amide bonds. The highest BCUT2D eigenvalue weighted by atomic mass is 15.0. The van der Waals surface area contributed by atoms with Crippen molar-refractivity contribution >= 4 is 44.0 Å². The first-order valence-corrected chi connectivity index (χ1v) is 15.7. The molecule has 1 aliphatic carbocycles. The minimum atomic E-state index is -0.0140. The predicted octanol–water partition coefficient (Wildman–Crippen LogP) is 11.7. The van der Waals surface area contributed by atoms with Gasteiger partial charge in [0.1, 0.15) is 0 Å². The standard InChI is InChI=1S/C43H32N2/c1-43(2)36-17-8-5-16-35(36)42-37(43)18-11-19-38(42)44-29-24-22-28(23-25-29)30-26-27-41(32-13-4-3-12-31(30)32)45-39-20-9-6-14-33(39)34-15-7-10-21-40(34)45/h3-27,44H,1-2H3. The molecule has 0 radical (unpaired) electrons. The molecule has 8 aromatic rings. The Balaban J connectivity index is 1.12. The van der Waals surface area contributed by atoms with E-state index in [1.807, 2.05) is 0 Å². The number of aromatic nitrogens is 1. The molecular formula is C43H32N2. The van der Waals surface area contributed by atoms with Crippen molar-refractivity contribution in [2.24, 2.45) is 0 Å². The Kier molecular flexibility index (Phi) is 5.58. The van der Waals surface area contributed by atoms with E-state index in [0.29, 0.717) is 0 Å². The second-order valence-electron chi connectivity index (χ2n) is 12.6. The molecule has 0 aliphatic heterocycles. The Morgan fingerprint density at radius 1 is 0.467 bits per heavy atom. The molecule has 0 saturated heterocycles. The van der Waals surface area contributed by atoms with E-state index < -0.39 is 0 Å². The fraction of sp³-hybridized carbons (Fsp3) is 0.0698. The molecule has 45 heavy (non-hydrogen) atoms. The van der Waals surface area contributed by atoms with Crippen molar-refractivity contribution in [2.45, 2.75) is 19.3 Å². The quantitative estimate of drug-likeness (QED) is 0.220. The van der Waals surface area contributed by atoms with Crippen LogP contribution in [0.4, 0.5) is 11.4 Å². The molecule has 1 heterocycles. The van der Waals surface area contributed by atoms with Gasteiger partial charge in [-0.1, -0.05) is 129 Å². The third-order valence-corrected chi connectivity index (χ3v) is 9.80. The molecule has 0 bridgehead atoms. The lowest BCUT2D eigenvalue weighted by Crippen LogP contribution is -2.14. The molecule has 0 atom stereocenters. The molecule has 0 spiro atoms. The van der Waals surface area contributed by atoms with Crippen LogP contribution in [0, 0.1) is 0 Å². The number of nitrogens with one attached hydrogen (secondary N) is 1. The maximum absolute atomic E-state index is 3.76. The van der Waals surface area contributed by atoms with Gasteiger partial charge in [0.05, 0.1) is 16.7 Å². The van der Waals surface area contributed by atoms with Crippen molar-refractivity contribution < 1.29 is 0 Å². The van der Waals surface area contributed by atoms with Crippen molar-refractivity contribution in [1.29, 1.82) is 0 Å². The Morgan fingerprint density at radius 2 is 1.07 bits per heavy atom. The van der Waals surface area contributed by atoms with E-state index >= 15 is 0 Å². The van der Waals surface area contributed by atoms with Gasteiger partial charge >= 0.3 is 0 Å².